The monoisotopic (exact) mass is 402 g/mol. The van der Waals surface area contributed by atoms with Gasteiger partial charge in [0.15, 0.2) is 0 Å². The van der Waals surface area contributed by atoms with Crippen molar-refractivity contribution in [2.75, 3.05) is 10.2 Å². The van der Waals surface area contributed by atoms with Crippen LogP contribution < -0.4 is 10.2 Å². The van der Waals surface area contributed by atoms with Crippen LogP contribution in [0.3, 0.4) is 0 Å². The SMILES string of the molecule is CCCC(=O)Nc1ccc(SC2CC(=O)N(c3ccc(Cl)cc3)C2=O)cc1. The molecule has 0 bridgehead atoms. The van der Waals surface area contributed by atoms with E-state index in [0.717, 1.165) is 17.0 Å². The summed E-state index contributed by atoms with van der Waals surface area (Å²) in [6, 6.07) is 13.9. The third-order valence-corrected chi connectivity index (χ3v) is 5.53. The van der Waals surface area contributed by atoms with Crippen molar-refractivity contribution in [1.29, 1.82) is 0 Å². The zero-order chi connectivity index (χ0) is 19.4. The van der Waals surface area contributed by atoms with Gasteiger partial charge in [-0.2, -0.15) is 0 Å². The van der Waals surface area contributed by atoms with Crippen molar-refractivity contribution in [1.82, 2.24) is 0 Å². The van der Waals surface area contributed by atoms with Crippen LogP contribution in [0.2, 0.25) is 5.02 Å². The smallest absolute Gasteiger partial charge is 0.247 e. The fourth-order valence-corrected chi connectivity index (χ4v) is 3.97. The highest BCUT2D eigenvalue weighted by Gasteiger charge is 2.40. The quantitative estimate of drug-likeness (QED) is 0.722. The third-order valence-electron chi connectivity index (χ3n) is 4.08. The van der Waals surface area contributed by atoms with Crippen LogP contribution in [0.4, 0.5) is 11.4 Å². The van der Waals surface area contributed by atoms with E-state index < -0.39 is 5.25 Å². The number of carbonyl (C=O) groups excluding carboxylic acids is 3. The van der Waals surface area contributed by atoms with E-state index >= 15 is 0 Å². The zero-order valence-corrected chi connectivity index (χ0v) is 16.3. The molecule has 3 amide bonds. The average molecular weight is 403 g/mol. The van der Waals surface area contributed by atoms with Gasteiger partial charge in [-0.05, 0) is 55.0 Å². The summed E-state index contributed by atoms with van der Waals surface area (Å²) >= 11 is 7.22. The minimum Gasteiger partial charge on any atom is -0.326 e. The second kappa shape index (κ2) is 8.59. The van der Waals surface area contributed by atoms with E-state index in [0.29, 0.717) is 17.1 Å². The Morgan fingerprint density at radius 3 is 2.44 bits per heavy atom. The molecule has 0 aliphatic carbocycles. The molecule has 1 fully saturated rings. The molecule has 3 rings (SSSR count). The molecule has 1 heterocycles. The van der Waals surface area contributed by atoms with Crippen LogP contribution in [-0.4, -0.2) is 23.0 Å². The van der Waals surface area contributed by atoms with Gasteiger partial charge in [0.1, 0.15) is 0 Å². The molecular formula is C20H19ClN2O3S. The molecule has 2 aromatic rings. The summed E-state index contributed by atoms with van der Waals surface area (Å²) in [6.45, 7) is 1.95. The topological polar surface area (TPSA) is 66.5 Å². The van der Waals surface area contributed by atoms with E-state index in [9.17, 15) is 14.4 Å². The number of carbonyl (C=O) groups is 3. The van der Waals surface area contributed by atoms with Crippen molar-refractivity contribution < 1.29 is 14.4 Å². The van der Waals surface area contributed by atoms with Gasteiger partial charge in [-0.1, -0.05) is 18.5 Å². The first kappa shape index (κ1) is 19.5. The summed E-state index contributed by atoms with van der Waals surface area (Å²) in [7, 11) is 0. The molecule has 1 aliphatic heterocycles. The largest absolute Gasteiger partial charge is 0.326 e. The molecule has 0 radical (unpaired) electrons. The Morgan fingerprint density at radius 2 is 1.81 bits per heavy atom. The Hall–Kier alpha value is -2.31. The van der Waals surface area contributed by atoms with E-state index in [1.807, 2.05) is 19.1 Å². The Labute approximate surface area is 167 Å². The summed E-state index contributed by atoms with van der Waals surface area (Å²) in [5.74, 6) is -0.469. The molecule has 1 atom stereocenters. The van der Waals surface area contributed by atoms with Crippen molar-refractivity contribution in [2.45, 2.75) is 36.3 Å². The van der Waals surface area contributed by atoms with Gasteiger partial charge >= 0.3 is 0 Å². The Bertz CT molecular complexity index is 853. The lowest BCUT2D eigenvalue weighted by Gasteiger charge is -2.15. The first-order valence-electron chi connectivity index (χ1n) is 8.67. The van der Waals surface area contributed by atoms with Crippen LogP contribution in [0.5, 0.6) is 0 Å². The highest BCUT2D eigenvalue weighted by Crippen LogP contribution is 2.34. The number of nitrogens with one attached hydrogen (secondary N) is 1. The van der Waals surface area contributed by atoms with Gasteiger partial charge in [-0.25, -0.2) is 4.90 Å². The normalized spacial score (nSPS) is 16.7. The van der Waals surface area contributed by atoms with Crippen molar-refractivity contribution in [3.63, 3.8) is 0 Å². The molecule has 0 saturated carbocycles. The van der Waals surface area contributed by atoms with Crippen LogP contribution in [-0.2, 0) is 14.4 Å². The number of nitrogens with zero attached hydrogens (tertiary/aromatic N) is 1. The van der Waals surface area contributed by atoms with Crippen LogP contribution >= 0.6 is 23.4 Å². The molecule has 0 aromatic heterocycles. The predicted octanol–water partition coefficient (Wildman–Crippen LogP) is 4.50. The van der Waals surface area contributed by atoms with E-state index in [-0.39, 0.29) is 24.1 Å². The zero-order valence-electron chi connectivity index (χ0n) is 14.8. The molecule has 27 heavy (non-hydrogen) atoms. The van der Waals surface area contributed by atoms with Crippen molar-refractivity contribution >= 4 is 52.5 Å². The molecular weight excluding hydrogens is 384 g/mol. The summed E-state index contributed by atoms with van der Waals surface area (Å²) in [4.78, 5) is 38.7. The number of thioether (sulfide) groups is 1. The van der Waals surface area contributed by atoms with Gasteiger partial charge in [0.05, 0.1) is 10.9 Å². The molecule has 1 unspecified atom stereocenters. The average Bonchev–Trinajstić information content (AvgIpc) is 2.91. The van der Waals surface area contributed by atoms with Gasteiger partial charge < -0.3 is 5.32 Å². The highest BCUT2D eigenvalue weighted by molar-refractivity contribution is 8.00. The maximum atomic E-state index is 12.7. The molecule has 1 saturated heterocycles. The van der Waals surface area contributed by atoms with E-state index in [2.05, 4.69) is 5.32 Å². The number of rotatable bonds is 6. The summed E-state index contributed by atoms with van der Waals surface area (Å²) < 4.78 is 0. The first-order chi connectivity index (χ1) is 13.0. The highest BCUT2D eigenvalue weighted by atomic mass is 35.5. The minimum absolute atomic E-state index is 0.0203. The predicted molar refractivity (Wildman–Crippen MR) is 108 cm³/mol. The molecule has 1 aliphatic rings. The summed E-state index contributed by atoms with van der Waals surface area (Å²) in [5, 5.41) is 2.91. The summed E-state index contributed by atoms with van der Waals surface area (Å²) in [6.07, 6.45) is 1.43. The number of hydrogen-bond donors (Lipinski definition) is 1. The van der Waals surface area contributed by atoms with Crippen LogP contribution in [0.1, 0.15) is 26.2 Å². The van der Waals surface area contributed by atoms with Crippen molar-refractivity contribution in [3.05, 3.63) is 53.6 Å². The second-order valence-electron chi connectivity index (χ2n) is 6.18. The lowest BCUT2D eigenvalue weighted by molar-refractivity contribution is -0.121. The maximum Gasteiger partial charge on any atom is 0.247 e. The van der Waals surface area contributed by atoms with Gasteiger partial charge in [0, 0.05) is 28.4 Å². The number of imide groups is 1. The van der Waals surface area contributed by atoms with Crippen molar-refractivity contribution in [3.8, 4) is 0 Å². The van der Waals surface area contributed by atoms with Crippen LogP contribution in [0, 0.1) is 0 Å². The second-order valence-corrected chi connectivity index (χ2v) is 7.89. The van der Waals surface area contributed by atoms with Gasteiger partial charge in [-0.3, -0.25) is 14.4 Å². The van der Waals surface area contributed by atoms with Gasteiger partial charge in [0.2, 0.25) is 17.7 Å². The molecule has 0 spiro atoms. The van der Waals surface area contributed by atoms with E-state index in [1.165, 1.54) is 16.7 Å². The maximum absolute atomic E-state index is 12.7. The molecule has 5 nitrogen and oxygen atoms in total. The Balaban J connectivity index is 1.66. The fraction of sp³-hybridized carbons (Fsp3) is 0.250. The number of amides is 3. The molecule has 2 aromatic carbocycles. The Kier molecular flexibility index (Phi) is 6.19. The molecule has 140 valence electrons. The number of benzene rings is 2. The van der Waals surface area contributed by atoms with Gasteiger partial charge in [-0.15, -0.1) is 11.8 Å². The van der Waals surface area contributed by atoms with Crippen LogP contribution in [0.15, 0.2) is 53.4 Å². The third kappa shape index (κ3) is 4.70. The number of hydrogen-bond acceptors (Lipinski definition) is 4. The summed E-state index contributed by atoms with van der Waals surface area (Å²) in [5.41, 5.74) is 1.25. The number of anilines is 2. The Morgan fingerprint density at radius 1 is 1.15 bits per heavy atom. The van der Waals surface area contributed by atoms with Crippen molar-refractivity contribution in [2.24, 2.45) is 0 Å². The molecule has 7 heteroatoms. The minimum atomic E-state index is -0.464. The first-order valence-corrected chi connectivity index (χ1v) is 9.92. The fourth-order valence-electron chi connectivity index (χ4n) is 2.79. The number of halogens is 1. The lowest BCUT2D eigenvalue weighted by Crippen LogP contribution is -2.31. The lowest BCUT2D eigenvalue weighted by atomic mass is 10.3. The van der Waals surface area contributed by atoms with E-state index in [1.54, 1.807) is 36.4 Å². The van der Waals surface area contributed by atoms with Gasteiger partial charge in [0.25, 0.3) is 0 Å². The van der Waals surface area contributed by atoms with E-state index in [4.69, 9.17) is 11.6 Å². The molecule has 1 N–H and O–H groups in total. The van der Waals surface area contributed by atoms with Crippen LogP contribution in [0.25, 0.3) is 0 Å². The standard InChI is InChI=1S/C20H19ClN2O3S/c1-2-3-18(24)22-14-6-10-16(11-7-14)27-17-12-19(25)23(20(17)26)15-8-4-13(21)5-9-15/h4-11,17H,2-3,12H2,1H3,(H,22,24).